The van der Waals surface area contributed by atoms with Crippen molar-refractivity contribution < 1.29 is 27.9 Å². The maximum Gasteiger partial charge on any atom is 0.339 e. The van der Waals surface area contributed by atoms with Gasteiger partial charge in [-0.2, -0.15) is 0 Å². The van der Waals surface area contributed by atoms with Gasteiger partial charge >= 0.3 is 17.8 Å². The minimum Gasteiger partial charge on any atom is -0.465 e. The predicted molar refractivity (Wildman–Crippen MR) is 81.4 cm³/mol. The molecular formula is C16H12F2N2O4. The summed E-state index contributed by atoms with van der Waals surface area (Å²) in [5, 5.41) is 4.16. The molecule has 6 nitrogen and oxygen atoms in total. The first-order chi connectivity index (χ1) is 11.4. The predicted octanol–water partition coefficient (Wildman–Crippen LogP) is 2.33. The molecule has 0 atom stereocenters. The average Bonchev–Trinajstić information content (AvgIpc) is 2.57. The minimum atomic E-state index is -1.22. The molecule has 2 rings (SSSR count). The van der Waals surface area contributed by atoms with Crippen molar-refractivity contribution in [2.24, 2.45) is 0 Å². The van der Waals surface area contributed by atoms with E-state index in [1.54, 1.807) is 6.07 Å². The second kappa shape index (κ2) is 7.32. The van der Waals surface area contributed by atoms with Crippen LogP contribution in [0.1, 0.15) is 10.4 Å². The average molecular weight is 334 g/mol. The van der Waals surface area contributed by atoms with E-state index in [0.717, 1.165) is 18.2 Å². The molecule has 24 heavy (non-hydrogen) atoms. The molecule has 0 heterocycles. The number of hydrogen-bond donors (Lipinski definition) is 2. The summed E-state index contributed by atoms with van der Waals surface area (Å²) in [5.41, 5.74) is -0.390. The summed E-state index contributed by atoms with van der Waals surface area (Å²) in [7, 11) is 1.17. The Bertz CT molecular complexity index is 808. The highest BCUT2D eigenvalue weighted by Crippen LogP contribution is 2.17. The summed E-state index contributed by atoms with van der Waals surface area (Å²) in [4.78, 5) is 35.3. The summed E-state index contributed by atoms with van der Waals surface area (Å²) in [6, 6.07) is 8.29. The Morgan fingerprint density at radius 2 is 1.54 bits per heavy atom. The fourth-order valence-corrected chi connectivity index (χ4v) is 1.83. The van der Waals surface area contributed by atoms with Crippen molar-refractivity contribution in [3.05, 3.63) is 59.7 Å². The van der Waals surface area contributed by atoms with Gasteiger partial charge in [0.1, 0.15) is 11.6 Å². The van der Waals surface area contributed by atoms with Crippen molar-refractivity contribution in [3.8, 4) is 0 Å². The van der Waals surface area contributed by atoms with Crippen LogP contribution in [0.15, 0.2) is 42.5 Å². The highest BCUT2D eigenvalue weighted by Gasteiger charge is 2.19. The molecule has 0 spiro atoms. The lowest BCUT2D eigenvalue weighted by Gasteiger charge is -2.10. The Balaban J connectivity index is 2.14. The lowest BCUT2D eigenvalue weighted by atomic mass is 10.2. The summed E-state index contributed by atoms with van der Waals surface area (Å²) < 4.78 is 31.1. The van der Waals surface area contributed by atoms with Gasteiger partial charge < -0.3 is 15.4 Å². The van der Waals surface area contributed by atoms with Gasteiger partial charge in [0, 0.05) is 6.07 Å². The number of ether oxygens (including phenoxy) is 1. The van der Waals surface area contributed by atoms with Crippen molar-refractivity contribution in [3.63, 3.8) is 0 Å². The molecule has 2 amide bonds. The molecule has 0 fully saturated rings. The Labute approximate surface area is 135 Å². The molecule has 0 radical (unpaired) electrons. The van der Waals surface area contributed by atoms with Gasteiger partial charge in [-0.1, -0.05) is 12.1 Å². The number of hydrogen-bond acceptors (Lipinski definition) is 4. The number of methoxy groups -OCH3 is 1. The first-order valence-electron chi connectivity index (χ1n) is 6.67. The van der Waals surface area contributed by atoms with Crippen LogP contribution in [-0.4, -0.2) is 24.9 Å². The lowest BCUT2D eigenvalue weighted by Crippen LogP contribution is -2.30. The number of para-hydroxylation sites is 1. The molecule has 0 aromatic heterocycles. The molecule has 0 aliphatic heterocycles. The third kappa shape index (κ3) is 3.92. The fraction of sp³-hybridized carbons (Fsp3) is 0.0625. The van der Waals surface area contributed by atoms with E-state index in [9.17, 15) is 23.2 Å². The Kier molecular flexibility index (Phi) is 5.20. The molecule has 0 saturated carbocycles. The van der Waals surface area contributed by atoms with E-state index in [1.165, 1.54) is 25.3 Å². The number of carbonyl (C=O) groups excluding carboxylic acids is 3. The third-order valence-corrected chi connectivity index (χ3v) is 2.96. The number of benzene rings is 2. The van der Waals surface area contributed by atoms with Gasteiger partial charge in [-0.15, -0.1) is 0 Å². The summed E-state index contributed by atoms with van der Waals surface area (Å²) >= 11 is 0. The van der Waals surface area contributed by atoms with Crippen molar-refractivity contribution in [1.82, 2.24) is 0 Å². The number of nitrogens with one attached hydrogen (secondary N) is 2. The minimum absolute atomic E-state index is 0.0399. The lowest BCUT2D eigenvalue weighted by molar-refractivity contribution is -0.133. The molecule has 0 aliphatic rings. The summed E-state index contributed by atoms with van der Waals surface area (Å²) in [6.07, 6.45) is 0. The Morgan fingerprint density at radius 3 is 2.21 bits per heavy atom. The highest BCUT2D eigenvalue weighted by atomic mass is 19.1. The number of halogens is 2. The van der Waals surface area contributed by atoms with E-state index < -0.39 is 35.1 Å². The third-order valence-electron chi connectivity index (χ3n) is 2.96. The number of rotatable bonds is 3. The van der Waals surface area contributed by atoms with Crippen LogP contribution in [0.4, 0.5) is 20.2 Å². The number of esters is 1. The van der Waals surface area contributed by atoms with E-state index in [-0.39, 0.29) is 11.3 Å². The van der Waals surface area contributed by atoms with Gasteiger partial charge in [-0.05, 0) is 24.3 Å². The van der Waals surface area contributed by atoms with Crippen molar-refractivity contribution >= 4 is 29.2 Å². The van der Waals surface area contributed by atoms with Crippen LogP contribution in [0, 0.1) is 11.6 Å². The SMILES string of the molecule is COC(=O)c1ccccc1NC(=O)C(=O)Nc1cc(F)ccc1F. The molecule has 2 aromatic rings. The zero-order valence-electron chi connectivity index (χ0n) is 12.4. The van der Waals surface area contributed by atoms with Gasteiger partial charge in [-0.25, -0.2) is 13.6 Å². The van der Waals surface area contributed by atoms with Gasteiger partial charge in [0.2, 0.25) is 0 Å². The molecule has 0 unspecified atom stereocenters. The highest BCUT2D eigenvalue weighted by molar-refractivity contribution is 6.44. The van der Waals surface area contributed by atoms with Crippen LogP contribution in [0.2, 0.25) is 0 Å². The normalized spacial score (nSPS) is 9.96. The van der Waals surface area contributed by atoms with Crippen LogP contribution in [0.5, 0.6) is 0 Å². The fourth-order valence-electron chi connectivity index (χ4n) is 1.83. The van der Waals surface area contributed by atoms with Crippen LogP contribution in [-0.2, 0) is 14.3 Å². The summed E-state index contributed by atoms with van der Waals surface area (Å²) in [6.45, 7) is 0. The van der Waals surface area contributed by atoms with Crippen LogP contribution < -0.4 is 10.6 Å². The Hall–Kier alpha value is -3.29. The van der Waals surface area contributed by atoms with Crippen LogP contribution in [0.3, 0.4) is 0 Å². The number of anilines is 2. The number of amides is 2. The number of carbonyl (C=O) groups is 3. The second-order valence-corrected chi connectivity index (χ2v) is 4.57. The van der Waals surface area contributed by atoms with Crippen LogP contribution in [0.25, 0.3) is 0 Å². The largest absolute Gasteiger partial charge is 0.465 e. The molecule has 0 bridgehead atoms. The standard InChI is InChI=1S/C16H12F2N2O4/c1-24-16(23)10-4-2-3-5-12(10)19-14(21)15(22)20-13-8-9(17)6-7-11(13)18/h2-8H,1H3,(H,19,21)(H,20,22). The van der Waals surface area contributed by atoms with E-state index in [4.69, 9.17) is 0 Å². The van der Waals surface area contributed by atoms with Gasteiger partial charge in [-0.3, -0.25) is 9.59 Å². The quantitative estimate of drug-likeness (QED) is 0.666. The molecular weight excluding hydrogens is 322 g/mol. The first-order valence-corrected chi connectivity index (χ1v) is 6.67. The zero-order chi connectivity index (χ0) is 17.7. The van der Waals surface area contributed by atoms with Gasteiger partial charge in [0.25, 0.3) is 0 Å². The molecule has 0 aliphatic carbocycles. The van der Waals surface area contributed by atoms with Gasteiger partial charge in [0.05, 0.1) is 24.0 Å². The smallest absolute Gasteiger partial charge is 0.339 e. The van der Waals surface area contributed by atoms with Crippen molar-refractivity contribution in [2.75, 3.05) is 17.7 Å². The van der Waals surface area contributed by atoms with Crippen LogP contribution >= 0.6 is 0 Å². The van der Waals surface area contributed by atoms with E-state index in [0.29, 0.717) is 0 Å². The second-order valence-electron chi connectivity index (χ2n) is 4.57. The van der Waals surface area contributed by atoms with E-state index in [1.807, 2.05) is 5.32 Å². The van der Waals surface area contributed by atoms with Crippen molar-refractivity contribution in [2.45, 2.75) is 0 Å². The monoisotopic (exact) mass is 334 g/mol. The van der Waals surface area contributed by atoms with E-state index in [2.05, 4.69) is 10.1 Å². The van der Waals surface area contributed by atoms with Crippen molar-refractivity contribution in [1.29, 1.82) is 0 Å². The first kappa shape index (κ1) is 17.1. The Morgan fingerprint density at radius 1 is 0.917 bits per heavy atom. The van der Waals surface area contributed by atoms with E-state index >= 15 is 0 Å². The molecule has 2 aromatic carbocycles. The van der Waals surface area contributed by atoms with Gasteiger partial charge in [0.15, 0.2) is 0 Å². The molecule has 124 valence electrons. The molecule has 0 saturated heterocycles. The zero-order valence-corrected chi connectivity index (χ0v) is 12.4. The maximum atomic E-state index is 13.5. The summed E-state index contributed by atoms with van der Waals surface area (Å²) in [5.74, 6) is -4.76. The molecule has 8 heteroatoms. The maximum absolute atomic E-state index is 13.5. The molecule has 2 N–H and O–H groups in total. The topological polar surface area (TPSA) is 84.5 Å².